The molecular weight excluding hydrogens is 328 g/mol. The Bertz CT molecular complexity index is 889. The highest BCUT2D eigenvalue weighted by molar-refractivity contribution is 6.30. The maximum atomic E-state index is 12.1. The molecule has 2 aromatic carbocycles. The van der Waals surface area contributed by atoms with Crippen molar-refractivity contribution in [2.75, 3.05) is 6.61 Å². The third-order valence-corrected chi connectivity index (χ3v) is 3.76. The van der Waals surface area contributed by atoms with Crippen molar-refractivity contribution in [3.8, 4) is 0 Å². The molecule has 0 radical (unpaired) electrons. The number of para-hydroxylation sites is 1. The number of halogens is 1. The number of ether oxygens (including phenoxy) is 1. The van der Waals surface area contributed by atoms with Gasteiger partial charge in [0.1, 0.15) is 0 Å². The van der Waals surface area contributed by atoms with Crippen LogP contribution in [0.15, 0.2) is 54.7 Å². The van der Waals surface area contributed by atoms with Crippen molar-refractivity contribution >= 4 is 34.4 Å². The van der Waals surface area contributed by atoms with E-state index in [-0.39, 0.29) is 12.5 Å². The lowest BCUT2D eigenvalue weighted by molar-refractivity contribution is -0.124. The van der Waals surface area contributed by atoms with Gasteiger partial charge in [0.15, 0.2) is 6.61 Å². The Morgan fingerprint density at radius 1 is 1.12 bits per heavy atom. The van der Waals surface area contributed by atoms with E-state index in [0.717, 1.165) is 16.5 Å². The molecule has 1 amide bonds. The highest BCUT2D eigenvalue weighted by Crippen LogP contribution is 2.18. The molecule has 0 saturated heterocycles. The van der Waals surface area contributed by atoms with E-state index in [1.165, 1.54) is 0 Å². The van der Waals surface area contributed by atoms with Crippen molar-refractivity contribution in [2.24, 2.45) is 0 Å². The van der Waals surface area contributed by atoms with Gasteiger partial charge in [0, 0.05) is 28.7 Å². The topological polar surface area (TPSA) is 71.2 Å². The van der Waals surface area contributed by atoms with E-state index >= 15 is 0 Å². The standard InChI is InChI=1S/C18H15ClN2O3/c19-13-5-3-4-12(8-13)9-21-17(22)11-24-18(23)15-10-20-16-7-2-1-6-14(15)16/h1-8,10,20H,9,11H2,(H,21,22). The van der Waals surface area contributed by atoms with Crippen LogP contribution < -0.4 is 5.32 Å². The third kappa shape index (κ3) is 3.75. The van der Waals surface area contributed by atoms with Crippen molar-refractivity contribution in [2.45, 2.75) is 6.54 Å². The average Bonchev–Trinajstić information content (AvgIpc) is 3.02. The second-order valence-electron chi connectivity index (χ2n) is 5.23. The number of aromatic amines is 1. The summed E-state index contributed by atoms with van der Waals surface area (Å²) < 4.78 is 5.07. The second kappa shape index (κ2) is 7.19. The molecule has 1 heterocycles. The van der Waals surface area contributed by atoms with Crippen molar-refractivity contribution in [1.29, 1.82) is 0 Å². The first-order valence-corrected chi connectivity index (χ1v) is 7.75. The molecule has 3 aromatic rings. The minimum Gasteiger partial charge on any atom is -0.452 e. The van der Waals surface area contributed by atoms with E-state index < -0.39 is 5.97 Å². The zero-order valence-corrected chi connectivity index (χ0v) is 13.5. The van der Waals surface area contributed by atoms with Gasteiger partial charge >= 0.3 is 5.97 Å². The Balaban J connectivity index is 1.53. The Morgan fingerprint density at radius 3 is 2.79 bits per heavy atom. The van der Waals surface area contributed by atoms with E-state index in [1.54, 1.807) is 24.4 Å². The van der Waals surface area contributed by atoms with E-state index in [1.807, 2.05) is 30.3 Å². The monoisotopic (exact) mass is 342 g/mol. The molecule has 0 saturated carbocycles. The summed E-state index contributed by atoms with van der Waals surface area (Å²) in [5.41, 5.74) is 2.13. The summed E-state index contributed by atoms with van der Waals surface area (Å²) >= 11 is 5.88. The number of aromatic nitrogens is 1. The van der Waals surface area contributed by atoms with Crippen LogP contribution in [0.3, 0.4) is 0 Å². The van der Waals surface area contributed by atoms with Crippen LogP contribution in [-0.2, 0) is 16.1 Å². The Hall–Kier alpha value is -2.79. The molecule has 1 aromatic heterocycles. The number of benzene rings is 2. The molecule has 6 heteroatoms. The van der Waals surface area contributed by atoms with Crippen LogP contribution in [-0.4, -0.2) is 23.5 Å². The first kappa shape index (κ1) is 16.1. The summed E-state index contributed by atoms with van der Waals surface area (Å²) in [6, 6.07) is 14.6. The van der Waals surface area contributed by atoms with E-state index in [9.17, 15) is 9.59 Å². The number of esters is 1. The number of hydrogen-bond donors (Lipinski definition) is 2. The smallest absolute Gasteiger partial charge is 0.340 e. The molecule has 0 spiro atoms. The number of H-pyrrole nitrogens is 1. The average molecular weight is 343 g/mol. The van der Waals surface area contributed by atoms with Gasteiger partial charge in [-0.1, -0.05) is 41.9 Å². The van der Waals surface area contributed by atoms with Crippen LogP contribution in [0, 0.1) is 0 Å². The summed E-state index contributed by atoms with van der Waals surface area (Å²) in [5.74, 6) is -0.909. The molecule has 0 fully saturated rings. The van der Waals surface area contributed by atoms with Gasteiger partial charge in [-0.2, -0.15) is 0 Å². The number of fused-ring (bicyclic) bond motifs is 1. The highest BCUT2D eigenvalue weighted by atomic mass is 35.5. The lowest BCUT2D eigenvalue weighted by Crippen LogP contribution is -2.28. The molecule has 0 unspecified atom stereocenters. The van der Waals surface area contributed by atoms with Crippen LogP contribution in [0.5, 0.6) is 0 Å². The van der Waals surface area contributed by atoms with Gasteiger partial charge in [-0.25, -0.2) is 4.79 Å². The van der Waals surface area contributed by atoms with Crippen LogP contribution in [0.2, 0.25) is 5.02 Å². The number of carbonyl (C=O) groups is 2. The summed E-state index contributed by atoms with van der Waals surface area (Å²) in [6.07, 6.45) is 1.58. The predicted octanol–water partition coefficient (Wildman–Crippen LogP) is 3.29. The molecule has 2 N–H and O–H groups in total. The summed E-state index contributed by atoms with van der Waals surface area (Å²) in [6.45, 7) is -0.0110. The zero-order chi connectivity index (χ0) is 16.9. The van der Waals surface area contributed by atoms with Crippen LogP contribution in [0.1, 0.15) is 15.9 Å². The van der Waals surface area contributed by atoms with Gasteiger partial charge in [0.25, 0.3) is 5.91 Å². The summed E-state index contributed by atoms with van der Waals surface area (Å²) in [7, 11) is 0. The molecule has 122 valence electrons. The minimum atomic E-state index is -0.537. The van der Waals surface area contributed by atoms with E-state index in [0.29, 0.717) is 17.1 Å². The quantitative estimate of drug-likeness (QED) is 0.699. The van der Waals surface area contributed by atoms with Crippen molar-refractivity contribution in [1.82, 2.24) is 10.3 Å². The largest absolute Gasteiger partial charge is 0.452 e. The Labute approximate surface area is 143 Å². The molecule has 5 nitrogen and oxygen atoms in total. The van der Waals surface area contributed by atoms with Crippen LogP contribution >= 0.6 is 11.6 Å². The zero-order valence-electron chi connectivity index (χ0n) is 12.7. The lowest BCUT2D eigenvalue weighted by atomic mass is 10.2. The lowest BCUT2D eigenvalue weighted by Gasteiger charge is -2.06. The first-order chi connectivity index (χ1) is 11.6. The van der Waals surface area contributed by atoms with Gasteiger partial charge in [0.2, 0.25) is 0 Å². The second-order valence-corrected chi connectivity index (χ2v) is 5.67. The summed E-state index contributed by atoms with van der Waals surface area (Å²) in [5, 5.41) is 4.05. The fourth-order valence-electron chi connectivity index (χ4n) is 2.35. The van der Waals surface area contributed by atoms with Crippen LogP contribution in [0.4, 0.5) is 0 Å². The van der Waals surface area contributed by atoms with Gasteiger partial charge in [-0.15, -0.1) is 0 Å². The molecule has 0 aliphatic rings. The maximum Gasteiger partial charge on any atom is 0.340 e. The van der Waals surface area contributed by atoms with Crippen molar-refractivity contribution in [3.63, 3.8) is 0 Å². The number of amides is 1. The van der Waals surface area contributed by atoms with Gasteiger partial charge in [-0.3, -0.25) is 4.79 Å². The van der Waals surface area contributed by atoms with Crippen molar-refractivity contribution in [3.05, 3.63) is 70.9 Å². The molecule has 24 heavy (non-hydrogen) atoms. The number of carbonyl (C=O) groups excluding carboxylic acids is 2. The van der Waals surface area contributed by atoms with E-state index in [2.05, 4.69) is 10.3 Å². The molecule has 0 atom stereocenters. The molecule has 0 aliphatic carbocycles. The third-order valence-electron chi connectivity index (χ3n) is 3.52. The van der Waals surface area contributed by atoms with Gasteiger partial charge in [0.05, 0.1) is 5.56 Å². The fourth-order valence-corrected chi connectivity index (χ4v) is 2.56. The van der Waals surface area contributed by atoms with Gasteiger partial charge in [-0.05, 0) is 23.8 Å². The summed E-state index contributed by atoms with van der Waals surface area (Å²) in [4.78, 5) is 26.9. The Kier molecular flexibility index (Phi) is 4.82. The predicted molar refractivity (Wildman–Crippen MR) is 91.9 cm³/mol. The van der Waals surface area contributed by atoms with E-state index in [4.69, 9.17) is 16.3 Å². The first-order valence-electron chi connectivity index (χ1n) is 7.38. The number of hydrogen-bond acceptors (Lipinski definition) is 3. The Morgan fingerprint density at radius 2 is 1.96 bits per heavy atom. The SMILES string of the molecule is O=C(COC(=O)c1c[nH]c2ccccc12)NCc1cccc(Cl)c1. The molecule has 3 rings (SSSR count). The molecular formula is C18H15ClN2O3. The minimum absolute atomic E-state index is 0.323. The van der Waals surface area contributed by atoms with Gasteiger partial charge < -0.3 is 15.0 Å². The van der Waals surface area contributed by atoms with Crippen LogP contribution in [0.25, 0.3) is 10.9 Å². The maximum absolute atomic E-state index is 12.1. The van der Waals surface area contributed by atoms with Crippen molar-refractivity contribution < 1.29 is 14.3 Å². The normalized spacial score (nSPS) is 10.5. The molecule has 0 bridgehead atoms. The fraction of sp³-hybridized carbons (Fsp3) is 0.111. The molecule has 0 aliphatic heterocycles. The highest BCUT2D eigenvalue weighted by Gasteiger charge is 2.14. The number of rotatable bonds is 5. The number of nitrogens with one attached hydrogen (secondary N) is 2.